The molecule has 0 saturated carbocycles. The molecule has 0 bridgehead atoms. The maximum Gasteiger partial charge on any atom is 0.292 e. The number of nitro groups is 1. The summed E-state index contributed by atoms with van der Waals surface area (Å²) in [5.74, 6) is 0.0177. The Morgan fingerprint density at radius 1 is 1.58 bits per heavy atom. The van der Waals surface area contributed by atoms with Crippen LogP contribution in [0.2, 0.25) is 0 Å². The lowest BCUT2D eigenvalue weighted by Gasteiger charge is -2.21. The second-order valence-electron chi connectivity index (χ2n) is 4.91. The quantitative estimate of drug-likeness (QED) is 0.511. The van der Waals surface area contributed by atoms with E-state index in [1.165, 1.54) is 12.1 Å². The van der Waals surface area contributed by atoms with Crippen molar-refractivity contribution >= 4 is 17.3 Å². The smallest absolute Gasteiger partial charge is 0.292 e. The number of amides is 1. The highest BCUT2D eigenvalue weighted by Crippen LogP contribution is 2.24. The molecule has 19 heavy (non-hydrogen) atoms. The lowest BCUT2D eigenvalue weighted by Crippen LogP contribution is -2.34. The summed E-state index contributed by atoms with van der Waals surface area (Å²) in [5, 5.41) is 10.8. The van der Waals surface area contributed by atoms with Crippen molar-refractivity contribution in [3.8, 4) is 0 Å². The van der Waals surface area contributed by atoms with Gasteiger partial charge in [-0.15, -0.1) is 0 Å². The number of anilines is 1. The molecule has 1 aromatic rings. The van der Waals surface area contributed by atoms with Crippen molar-refractivity contribution in [3.63, 3.8) is 0 Å². The van der Waals surface area contributed by atoms with Crippen molar-refractivity contribution in [2.45, 2.75) is 32.2 Å². The molecule has 2 N–H and O–H groups in total. The molecular formula is C13H17N3O3. The van der Waals surface area contributed by atoms with Crippen molar-refractivity contribution in [1.29, 1.82) is 0 Å². The molecule has 0 radical (unpaired) electrons. The lowest BCUT2D eigenvalue weighted by molar-refractivity contribution is -0.383. The van der Waals surface area contributed by atoms with Crippen LogP contribution in [0.25, 0.3) is 0 Å². The molecule has 102 valence electrons. The zero-order valence-electron chi connectivity index (χ0n) is 10.8. The van der Waals surface area contributed by atoms with Crippen molar-refractivity contribution in [3.05, 3.63) is 33.9 Å². The van der Waals surface area contributed by atoms with Gasteiger partial charge in [-0.3, -0.25) is 14.9 Å². The minimum absolute atomic E-state index is 0.0177. The van der Waals surface area contributed by atoms with E-state index >= 15 is 0 Å². The van der Waals surface area contributed by atoms with Gasteiger partial charge in [-0.25, -0.2) is 0 Å². The Hall–Kier alpha value is -2.11. The maximum absolute atomic E-state index is 12.1. The summed E-state index contributed by atoms with van der Waals surface area (Å²) < 4.78 is 0. The second-order valence-corrected chi connectivity index (χ2v) is 4.91. The first-order valence-electron chi connectivity index (χ1n) is 6.31. The van der Waals surface area contributed by atoms with E-state index < -0.39 is 4.92 Å². The van der Waals surface area contributed by atoms with Crippen molar-refractivity contribution < 1.29 is 9.72 Å². The van der Waals surface area contributed by atoms with Crippen LogP contribution < -0.4 is 5.73 Å². The van der Waals surface area contributed by atoms with Crippen molar-refractivity contribution in [1.82, 2.24) is 4.90 Å². The third-order valence-electron chi connectivity index (χ3n) is 3.52. The number of nitro benzene ring substituents is 1. The summed E-state index contributed by atoms with van der Waals surface area (Å²) in [7, 11) is 0. The lowest BCUT2D eigenvalue weighted by atomic mass is 10.1. The standard InChI is InChI=1S/C13H17N3O3/c1-9-3-2-6-15(9)13(17)8-10-4-5-11(14)12(7-10)16(18)19/h4-5,7,9H,2-3,6,8,14H2,1H3. The molecule has 0 aliphatic carbocycles. The predicted octanol–water partition coefficient (Wildman–Crippen LogP) is 1.73. The summed E-state index contributed by atoms with van der Waals surface area (Å²) in [4.78, 5) is 24.2. The van der Waals surface area contributed by atoms with Crippen LogP contribution in [0.1, 0.15) is 25.3 Å². The number of rotatable bonds is 3. The Bertz CT molecular complexity index is 516. The number of benzene rings is 1. The van der Waals surface area contributed by atoms with E-state index in [0.29, 0.717) is 5.56 Å². The highest BCUT2D eigenvalue weighted by Gasteiger charge is 2.25. The van der Waals surface area contributed by atoms with E-state index in [2.05, 4.69) is 0 Å². The monoisotopic (exact) mass is 263 g/mol. The molecule has 6 heteroatoms. The van der Waals surface area contributed by atoms with Crippen molar-refractivity contribution in [2.24, 2.45) is 0 Å². The van der Waals surface area contributed by atoms with Gasteiger partial charge >= 0.3 is 0 Å². The van der Waals surface area contributed by atoms with Crippen LogP contribution in [0.5, 0.6) is 0 Å². The molecule has 1 saturated heterocycles. The first kappa shape index (κ1) is 13.3. The van der Waals surface area contributed by atoms with E-state index in [1.54, 1.807) is 6.07 Å². The first-order valence-corrected chi connectivity index (χ1v) is 6.31. The van der Waals surface area contributed by atoms with Crippen LogP contribution in [0.3, 0.4) is 0 Å². The minimum Gasteiger partial charge on any atom is -0.393 e. The average molecular weight is 263 g/mol. The molecular weight excluding hydrogens is 246 g/mol. The zero-order chi connectivity index (χ0) is 14.0. The normalized spacial score (nSPS) is 18.6. The Morgan fingerprint density at radius 2 is 2.32 bits per heavy atom. The summed E-state index contributed by atoms with van der Waals surface area (Å²) in [6.07, 6.45) is 2.23. The molecule has 2 rings (SSSR count). The van der Waals surface area contributed by atoms with Gasteiger partial charge in [-0.05, 0) is 31.4 Å². The molecule has 1 fully saturated rings. The van der Waals surface area contributed by atoms with Crippen molar-refractivity contribution in [2.75, 3.05) is 12.3 Å². The molecule has 1 atom stereocenters. The van der Waals surface area contributed by atoms with Gasteiger partial charge in [0.05, 0.1) is 11.3 Å². The van der Waals surface area contributed by atoms with Crippen LogP contribution in [0.4, 0.5) is 11.4 Å². The van der Waals surface area contributed by atoms with E-state index in [1.807, 2.05) is 11.8 Å². The van der Waals surface area contributed by atoms with Gasteiger partial charge < -0.3 is 10.6 Å². The largest absolute Gasteiger partial charge is 0.393 e. The van der Waals surface area contributed by atoms with Gasteiger partial charge in [0, 0.05) is 18.7 Å². The third-order valence-corrected chi connectivity index (χ3v) is 3.52. The van der Waals surface area contributed by atoms with E-state index in [0.717, 1.165) is 19.4 Å². The molecule has 0 aromatic heterocycles. The van der Waals surface area contributed by atoms with Gasteiger partial charge in [-0.2, -0.15) is 0 Å². The zero-order valence-corrected chi connectivity index (χ0v) is 10.8. The first-order chi connectivity index (χ1) is 8.99. The number of carbonyl (C=O) groups is 1. The van der Waals surface area contributed by atoms with E-state index in [9.17, 15) is 14.9 Å². The second kappa shape index (κ2) is 5.26. The Morgan fingerprint density at radius 3 is 2.89 bits per heavy atom. The summed E-state index contributed by atoms with van der Waals surface area (Å²) >= 11 is 0. The summed E-state index contributed by atoms with van der Waals surface area (Å²) in [6, 6.07) is 4.79. The predicted molar refractivity (Wildman–Crippen MR) is 71.6 cm³/mol. The highest BCUT2D eigenvalue weighted by atomic mass is 16.6. The third kappa shape index (κ3) is 2.83. The van der Waals surface area contributed by atoms with Gasteiger partial charge in [0.15, 0.2) is 0 Å². The fourth-order valence-electron chi connectivity index (χ4n) is 2.44. The van der Waals surface area contributed by atoms with Gasteiger partial charge in [0.25, 0.3) is 5.69 Å². The van der Waals surface area contributed by atoms with Gasteiger partial charge in [0.2, 0.25) is 5.91 Å². The van der Waals surface area contributed by atoms with Crippen LogP contribution >= 0.6 is 0 Å². The topological polar surface area (TPSA) is 89.5 Å². The van der Waals surface area contributed by atoms with Crippen LogP contribution in [-0.4, -0.2) is 28.3 Å². The molecule has 1 amide bonds. The molecule has 6 nitrogen and oxygen atoms in total. The molecule has 1 aromatic carbocycles. The molecule has 1 aliphatic rings. The van der Waals surface area contributed by atoms with Crippen LogP contribution in [-0.2, 0) is 11.2 Å². The number of likely N-dealkylation sites (tertiary alicyclic amines) is 1. The number of carbonyl (C=O) groups excluding carboxylic acids is 1. The molecule has 0 spiro atoms. The molecule has 1 heterocycles. The minimum atomic E-state index is -0.526. The van der Waals surface area contributed by atoms with E-state index in [-0.39, 0.29) is 29.7 Å². The van der Waals surface area contributed by atoms with Gasteiger partial charge in [-0.1, -0.05) is 6.07 Å². The summed E-state index contributed by atoms with van der Waals surface area (Å²) in [5.41, 5.74) is 6.14. The summed E-state index contributed by atoms with van der Waals surface area (Å²) in [6.45, 7) is 2.80. The van der Waals surface area contributed by atoms with Gasteiger partial charge in [0.1, 0.15) is 5.69 Å². The fourth-order valence-corrected chi connectivity index (χ4v) is 2.44. The number of hydrogen-bond acceptors (Lipinski definition) is 4. The maximum atomic E-state index is 12.1. The molecule has 1 unspecified atom stereocenters. The Labute approximate surface area is 111 Å². The fraction of sp³-hybridized carbons (Fsp3) is 0.462. The number of nitrogens with zero attached hydrogens (tertiary/aromatic N) is 2. The average Bonchev–Trinajstić information content (AvgIpc) is 2.77. The SMILES string of the molecule is CC1CCCN1C(=O)Cc1ccc(N)c([N+](=O)[O-])c1. The van der Waals surface area contributed by atoms with Crippen LogP contribution in [0.15, 0.2) is 18.2 Å². The Kier molecular flexibility index (Phi) is 3.69. The molecule has 1 aliphatic heterocycles. The van der Waals surface area contributed by atoms with Crippen LogP contribution in [0, 0.1) is 10.1 Å². The Balaban J connectivity index is 2.13. The highest BCUT2D eigenvalue weighted by molar-refractivity contribution is 5.80. The van der Waals surface area contributed by atoms with E-state index in [4.69, 9.17) is 5.73 Å². The number of nitrogen functional groups attached to an aromatic ring is 1. The number of hydrogen-bond donors (Lipinski definition) is 1. The number of nitrogens with two attached hydrogens (primary N) is 1.